The van der Waals surface area contributed by atoms with Crippen molar-refractivity contribution in [1.82, 2.24) is 14.7 Å². The van der Waals surface area contributed by atoms with Gasteiger partial charge in [-0.05, 0) is 44.4 Å². The second kappa shape index (κ2) is 8.17. The van der Waals surface area contributed by atoms with Crippen molar-refractivity contribution in [2.45, 2.75) is 39.0 Å². The molecule has 1 aliphatic heterocycles. The minimum absolute atomic E-state index is 0.138. The van der Waals surface area contributed by atoms with E-state index in [1.165, 1.54) is 17.5 Å². The molecule has 148 valence electrons. The predicted molar refractivity (Wildman–Crippen MR) is 110 cm³/mol. The van der Waals surface area contributed by atoms with Crippen LogP contribution in [0.25, 0.3) is 5.69 Å². The topological polar surface area (TPSA) is 58.4 Å². The van der Waals surface area contributed by atoms with E-state index in [0.29, 0.717) is 5.91 Å². The van der Waals surface area contributed by atoms with Crippen LogP contribution in [-0.2, 0) is 4.79 Å². The summed E-state index contributed by atoms with van der Waals surface area (Å²) in [5.74, 6) is 1.35. The van der Waals surface area contributed by atoms with Crippen molar-refractivity contribution in [3.63, 3.8) is 0 Å². The fraction of sp³-hybridized carbons (Fsp3) is 0.500. The van der Waals surface area contributed by atoms with Gasteiger partial charge in [0.1, 0.15) is 5.82 Å². The number of amides is 1. The molecule has 1 aromatic carbocycles. The second-order valence-corrected chi connectivity index (χ2v) is 7.92. The number of anilines is 1. The van der Waals surface area contributed by atoms with Gasteiger partial charge in [-0.3, -0.25) is 9.59 Å². The minimum Gasteiger partial charge on any atom is -0.353 e. The molecule has 0 bridgehead atoms. The first-order chi connectivity index (χ1) is 13.6. The van der Waals surface area contributed by atoms with Crippen molar-refractivity contribution in [2.75, 3.05) is 31.1 Å². The highest BCUT2D eigenvalue weighted by molar-refractivity contribution is 5.79. The molecule has 6 heteroatoms. The van der Waals surface area contributed by atoms with Gasteiger partial charge >= 0.3 is 0 Å². The molecular weight excluding hydrogens is 352 g/mol. The Hall–Kier alpha value is -2.63. The van der Waals surface area contributed by atoms with Crippen LogP contribution < -0.4 is 10.5 Å². The minimum atomic E-state index is -0.138. The van der Waals surface area contributed by atoms with Crippen LogP contribution in [0, 0.1) is 12.8 Å². The molecule has 0 unspecified atom stereocenters. The van der Waals surface area contributed by atoms with Crippen molar-refractivity contribution in [2.24, 2.45) is 5.92 Å². The Labute approximate surface area is 165 Å². The SMILES string of the molecule is Cc1ccc(-n2nc(N3CCCN(C(=O)C4CCCC4)CC3)ccc2=O)cc1. The molecule has 2 aliphatic rings. The summed E-state index contributed by atoms with van der Waals surface area (Å²) < 4.78 is 1.46. The quantitative estimate of drug-likeness (QED) is 0.822. The standard InChI is InChI=1S/C22H28N4O2/c1-17-7-9-19(10-8-17)26-21(27)12-11-20(23-26)24-13-4-14-25(16-15-24)22(28)18-5-2-3-6-18/h7-12,18H,2-6,13-16H2,1H3. The lowest BCUT2D eigenvalue weighted by atomic mass is 10.1. The maximum Gasteiger partial charge on any atom is 0.271 e. The number of benzene rings is 1. The number of nitrogens with zero attached hydrogens (tertiary/aromatic N) is 4. The molecule has 2 fully saturated rings. The van der Waals surface area contributed by atoms with Gasteiger partial charge in [-0.15, -0.1) is 5.10 Å². The summed E-state index contributed by atoms with van der Waals surface area (Å²) in [5, 5.41) is 4.61. The molecule has 1 saturated carbocycles. The Morgan fingerprint density at radius 1 is 0.929 bits per heavy atom. The van der Waals surface area contributed by atoms with Gasteiger partial charge in [0.05, 0.1) is 5.69 Å². The number of aromatic nitrogens is 2. The van der Waals surface area contributed by atoms with Gasteiger partial charge in [0.15, 0.2) is 0 Å². The van der Waals surface area contributed by atoms with Crippen molar-refractivity contribution in [3.05, 3.63) is 52.3 Å². The van der Waals surface area contributed by atoms with Gasteiger partial charge < -0.3 is 9.80 Å². The molecule has 2 heterocycles. The lowest BCUT2D eigenvalue weighted by molar-refractivity contribution is -0.135. The Morgan fingerprint density at radius 2 is 1.68 bits per heavy atom. The molecule has 1 aliphatic carbocycles. The molecule has 1 aromatic heterocycles. The first kappa shape index (κ1) is 18.7. The van der Waals surface area contributed by atoms with Gasteiger partial charge in [0, 0.05) is 38.2 Å². The normalized spacial score (nSPS) is 18.3. The summed E-state index contributed by atoms with van der Waals surface area (Å²) in [5.41, 5.74) is 1.78. The van der Waals surface area contributed by atoms with Crippen LogP contribution in [0.2, 0.25) is 0 Å². The first-order valence-electron chi connectivity index (χ1n) is 10.3. The number of rotatable bonds is 3. The molecule has 0 N–H and O–H groups in total. The van der Waals surface area contributed by atoms with Crippen molar-refractivity contribution in [3.8, 4) is 5.69 Å². The number of hydrogen-bond donors (Lipinski definition) is 0. The number of aryl methyl sites for hydroxylation is 1. The van der Waals surface area contributed by atoms with E-state index in [-0.39, 0.29) is 11.5 Å². The summed E-state index contributed by atoms with van der Waals surface area (Å²) in [6, 6.07) is 11.2. The molecule has 0 atom stereocenters. The lowest BCUT2D eigenvalue weighted by Crippen LogP contribution is -2.38. The largest absolute Gasteiger partial charge is 0.353 e. The molecule has 2 aromatic rings. The van der Waals surface area contributed by atoms with Crippen LogP contribution in [0.5, 0.6) is 0 Å². The monoisotopic (exact) mass is 380 g/mol. The molecule has 4 rings (SSSR count). The Morgan fingerprint density at radius 3 is 2.43 bits per heavy atom. The molecule has 1 saturated heterocycles. The van der Waals surface area contributed by atoms with E-state index in [9.17, 15) is 9.59 Å². The summed E-state index contributed by atoms with van der Waals surface area (Å²) in [7, 11) is 0. The van der Waals surface area contributed by atoms with Gasteiger partial charge in [-0.1, -0.05) is 30.5 Å². The fourth-order valence-corrected chi connectivity index (χ4v) is 4.24. The van der Waals surface area contributed by atoms with Gasteiger partial charge in [0.25, 0.3) is 5.56 Å². The lowest BCUT2D eigenvalue weighted by Gasteiger charge is -2.25. The fourth-order valence-electron chi connectivity index (χ4n) is 4.24. The van der Waals surface area contributed by atoms with Crippen molar-refractivity contribution >= 4 is 11.7 Å². The van der Waals surface area contributed by atoms with Crippen molar-refractivity contribution < 1.29 is 4.79 Å². The molecular formula is C22H28N4O2. The predicted octanol–water partition coefficient (Wildman–Crippen LogP) is 2.77. The number of carbonyl (C=O) groups is 1. The summed E-state index contributed by atoms with van der Waals surface area (Å²) in [6.07, 6.45) is 5.37. The third-order valence-corrected chi connectivity index (χ3v) is 5.90. The third-order valence-electron chi connectivity index (χ3n) is 5.90. The van der Waals surface area contributed by atoms with E-state index in [4.69, 9.17) is 0 Å². The molecule has 1 amide bonds. The average Bonchev–Trinajstić information content (AvgIpc) is 3.13. The van der Waals surface area contributed by atoms with Crippen molar-refractivity contribution in [1.29, 1.82) is 0 Å². The number of hydrogen-bond acceptors (Lipinski definition) is 4. The zero-order chi connectivity index (χ0) is 19.5. The highest BCUT2D eigenvalue weighted by Gasteiger charge is 2.28. The van der Waals surface area contributed by atoms with Gasteiger partial charge in [-0.2, -0.15) is 4.68 Å². The Bertz CT molecular complexity index is 884. The van der Waals surface area contributed by atoms with Crippen LogP contribution in [0.15, 0.2) is 41.2 Å². The molecule has 0 radical (unpaired) electrons. The summed E-state index contributed by atoms with van der Waals surface area (Å²) in [6.45, 7) is 5.14. The van der Waals surface area contributed by atoms with E-state index < -0.39 is 0 Å². The maximum atomic E-state index is 12.8. The van der Waals surface area contributed by atoms with Crippen LogP contribution in [0.3, 0.4) is 0 Å². The van der Waals surface area contributed by atoms with E-state index >= 15 is 0 Å². The zero-order valence-corrected chi connectivity index (χ0v) is 16.5. The maximum absolute atomic E-state index is 12.8. The molecule has 28 heavy (non-hydrogen) atoms. The van der Waals surface area contributed by atoms with Crippen LogP contribution in [0.1, 0.15) is 37.7 Å². The van der Waals surface area contributed by atoms with E-state index in [0.717, 1.165) is 62.5 Å². The van der Waals surface area contributed by atoms with Crippen LogP contribution in [0.4, 0.5) is 5.82 Å². The molecule has 6 nitrogen and oxygen atoms in total. The summed E-state index contributed by atoms with van der Waals surface area (Å²) in [4.78, 5) is 29.3. The number of carbonyl (C=O) groups excluding carboxylic acids is 1. The Kier molecular flexibility index (Phi) is 5.46. The first-order valence-corrected chi connectivity index (χ1v) is 10.3. The van der Waals surface area contributed by atoms with E-state index in [1.807, 2.05) is 36.1 Å². The van der Waals surface area contributed by atoms with Crippen LogP contribution >= 0.6 is 0 Å². The Balaban J connectivity index is 1.50. The van der Waals surface area contributed by atoms with Gasteiger partial charge in [0.2, 0.25) is 5.91 Å². The smallest absolute Gasteiger partial charge is 0.271 e. The third kappa shape index (κ3) is 3.96. The van der Waals surface area contributed by atoms with E-state index in [2.05, 4.69) is 10.00 Å². The highest BCUT2D eigenvalue weighted by atomic mass is 16.2. The second-order valence-electron chi connectivity index (χ2n) is 7.92. The molecule has 0 spiro atoms. The average molecular weight is 380 g/mol. The zero-order valence-electron chi connectivity index (χ0n) is 16.5. The summed E-state index contributed by atoms with van der Waals surface area (Å²) >= 11 is 0. The van der Waals surface area contributed by atoms with Gasteiger partial charge in [-0.25, -0.2) is 0 Å². The highest BCUT2D eigenvalue weighted by Crippen LogP contribution is 2.27. The van der Waals surface area contributed by atoms with Crippen LogP contribution in [-0.4, -0.2) is 46.8 Å². The van der Waals surface area contributed by atoms with E-state index in [1.54, 1.807) is 12.1 Å².